The first-order valence-corrected chi connectivity index (χ1v) is 9.13. The van der Waals surface area contributed by atoms with Gasteiger partial charge >= 0.3 is 0 Å². The maximum atomic E-state index is 12.0. The van der Waals surface area contributed by atoms with Crippen LogP contribution in [-0.4, -0.2) is 48.0 Å². The third kappa shape index (κ3) is 3.66. The van der Waals surface area contributed by atoms with Crippen molar-refractivity contribution in [1.29, 1.82) is 0 Å². The van der Waals surface area contributed by atoms with Crippen molar-refractivity contribution >= 4 is 27.5 Å². The summed E-state index contributed by atoms with van der Waals surface area (Å²) in [5, 5.41) is 9.86. The smallest absolute Gasteiger partial charge is 0.215 e. The van der Waals surface area contributed by atoms with Gasteiger partial charge in [-0.1, -0.05) is 6.92 Å². The highest BCUT2D eigenvalue weighted by atomic mass is 32.2. The largest absolute Gasteiger partial charge is 0.399 e. The van der Waals surface area contributed by atoms with Crippen LogP contribution in [0.3, 0.4) is 0 Å². The minimum Gasteiger partial charge on any atom is -0.399 e. The molecule has 0 radical (unpaired) electrons. The molecule has 0 aromatic heterocycles. The molecule has 0 aliphatic carbocycles. The summed E-state index contributed by atoms with van der Waals surface area (Å²) in [7, 11) is -3.26. The molecule has 1 aromatic rings. The number of benzene rings is 1. The van der Waals surface area contributed by atoms with Crippen LogP contribution in [0.2, 0.25) is 0 Å². The van der Waals surface area contributed by atoms with Crippen molar-refractivity contribution in [3.8, 4) is 0 Å². The Morgan fingerprint density at radius 2 is 1.95 bits per heavy atom. The van der Waals surface area contributed by atoms with Crippen molar-refractivity contribution in [3.05, 3.63) is 24.3 Å². The number of rotatable bonds is 6. The third-order valence-electron chi connectivity index (χ3n) is 3.48. The number of thioether (sulfide) groups is 1. The van der Waals surface area contributed by atoms with Gasteiger partial charge < -0.3 is 10.8 Å². The molecule has 0 unspecified atom stereocenters. The number of hydrogen-bond acceptors (Lipinski definition) is 5. The van der Waals surface area contributed by atoms with Crippen LogP contribution in [0.25, 0.3) is 0 Å². The van der Waals surface area contributed by atoms with Gasteiger partial charge in [0, 0.05) is 29.4 Å². The lowest BCUT2D eigenvalue weighted by Gasteiger charge is -2.44. The predicted molar refractivity (Wildman–Crippen MR) is 82.2 cm³/mol. The summed E-state index contributed by atoms with van der Waals surface area (Å²) in [4.78, 5) is 1.00. The first-order chi connectivity index (χ1) is 9.35. The molecule has 1 aliphatic rings. The van der Waals surface area contributed by atoms with Crippen LogP contribution in [-0.2, 0) is 10.0 Å². The highest BCUT2D eigenvalue weighted by Gasteiger charge is 2.45. The lowest BCUT2D eigenvalue weighted by molar-refractivity contribution is -0.0612. The molecule has 7 heteroatoms. The molecule has 2 rings (SSSR count). The molecular weight excluding hydrogens is 296 g/mol. The normalized spacial score (nSPS) is 18.7. The second-order valence-electron chi connectivity index (χ2n) is 5.08. The van der Waals surface area contributed by atoms with Gasteiger partial charge in [-0.25, -0.2) is 8.42 Å². The third-order valence-corrected chi connectivity index (χ3v) is 6.52. The van der Waals surface area contributed by atoms with Crippen LogP contribution in [0, 0.1) is 0 Å². The minimum absolute atomic E-state index is 0.0852. The molecule has 1 heterocycles. The van der Waals surface area contributed by atoms with E-state index in [9.17, 15) is 13.5 Å². The van der Waals surface area contributed by atoms with Crippen LogP contribution in [0.5, 0.6) is 0 Å². The van der Waals surface area contributed by atoms with E-state index in [1.807, 2.05) is 19.1 Å². The topological polar surface area (TPSA) is 83.6 Å². The van der Waals surface area contributed by atoms with Crippen LogP contribution in [0.4, 0.5) is 5.69 Å². The van der Waals surface area contributed by atoms with Gasteiger partial charge in [-0.2, -0.15) is 4.31 Å². The van der Waals surface area contributed by atoms with Gasteiger partial charge in [-0.3, -0.25) is 0 Å². The SMILES string of the molecule is CCC1(O)CN(S(=O)(=O)CCSc2ccc(N)cc2)C1. The zero-order valence-corrected chi connectivity index (χ0v) is 13.1. The minimum atomic E-state index is -3.26. The Morgan fingerprint density at radius 3 is 2.50 bits per heavy atom. The van der Waals surface area contributed by atoms with Gasteiger partial charge in [0.05, 0.1) is 11.4 Å². The summed E-state index contributed by atoms with van der Waals surface area (Å²) in [6, 6.07) is 7.36. The fourth-order valence-corrected chi connectivity index (χ4v) is 4.86. The maximum Gasteiger partial charge on any atom is 0.215 e. The zero-order valence-electron chi connectivity index (χ0n) is 11.4. The van der Waals surface area contributed by atoms with Crippen molar-refractivity contribution < 1.29 is 13.5 Å². The van der Waals surface area contributed by atoms with Crippen molar-refractivity contribution in [2.75, 3.05) is 30.3 Å². The highest BCUT2D eigenvalue weighted by molar-refractivity contribution is 8.00. The predicted octanol–water partition coefficient (Wildman–Crippen LogP) is 1.15. The first-order valence-electron chi connectivity index (χ1n) is 6.53. The molecule has 1 saturated heterocycles. The Kier molecular flexibility index (Phi) is 4.63. The molecule has 0 bridgehead atoms. The number of nitrogens with two attached hydrogens (primary N) is 1. The number of anilines is 1. The second-order valence-corrected chi connectivity index (χ2v) is 8.34. The number of nitrogens with zero attached hydrogens (tertiary/aromatic N) is 1. The molecule has 0 amide bonds. The van der Waals surface area contributed by atoms with Crippen LogP contribution >= 0.6 is 11.8 Å². The maximum absolute atomic E-state index is 12.0. The monoisotopic (exact) mass is 316 g/mol. The molecule has 1 fully saturated rings. The molecule has 0 atom stereocenters. The van der Waals surface area contributed by atoms with Crippen molar-refractivity contribution in [2.45, 2.75) is 23.8 Å². The van der Waals surface area contributed by atoms with Crippen molar-refractivity contribution in [1.82, 2.24) is 4.31 Å². The molecule has 1 aromatic carbocycles. The standard InChI is InChI=1S/C13H20N2O3S2/c1-2-13(16)9-15(10-13)20(17,18)8-7-19-12-5-3-11(14)4-6-12/h3-6,16H,2,7-10,14H2,1H3. The van der Waals surface area contributed by atoms with Crippen LogP contribution in [0.15, 0.2) is 29.2 Å². The van der Waals surface area contributed by atoms with E-state index in [0.717, 1.165) is 4.90 Å². The Labute approximate surface area is 124 Å². The molecule has 3 N–H and O–H groups in total. The first kappa shape index (κ1) is 15.6. The van der Waals surface area contributed by atoms with Gasteiger partial charge in [0.1, 0.15) is 0 Å². The molecule has 20 heavy (non-hydrogen) atoms. The average molecular weight is 316 g/mol. The number of sulfonamides is 1. The molecule has 5 nitrogen and oxygen atoms in total. The zero-order chi connectivity index (χ0) is 14.8. The van der Waals surface area contributed by atoms with Gasteiger partial charge in [-0.05, 0) is 30.7 Å². The van der Waals surface area contributed by atoms with Gasteiger partial charge in [-0.15, -0.1) is 11.8 Å². The summed E-state index contributed by atoms with van der Waals surface area (Å²) >= 11 is 1.49. The van der Waals surface area contributed by atoms with E-state index < -0.39 is 15.6 Å². The van der Waals surface area contributed by atoms with E-state index in [4.69, 9.17) is 5.73 Å². The Morgan fingerprint density at radius 1 is 1.35 bits per heavy atom. The summed E-state index contributed by atoms with van der Waals surface area (Å²) in [5.74, 6) is 0.579. The molecular formula is C13H20N2O3S2. The lowest BCUT2D eigenvalue weighted by atomic mass is 9.94. The van der Waals surface area contributed by atoms with Crippen molar-refractivity contribution in [3.63, 3.8) is 0 Å². The van der Waals surface area contributed by atoms with E-state index in [0.29, 0.717) is 17.9 Å². The fourth-order valence-electron chi connectivity index (χ4n) is 1.99. The van der Waals surface area contributed by atoms with E-state index in [2.05, 4.69) is 0 Å². The van der Waals surface area contributed by atoms with Crippen LogP contribution in [0.1, 0.15) is 13.3 Å². The Balaban J connectivity index is 1.80. The van der Waals surface area contributed by atoms with E-state index in [-0.39, 0.29) is 18.8 Å². The average Bonchev–Trinajstić information content (AvgIpc) is 2.37. The Hall–Kier alpha value is -0.760. The number of β-amino-alcohol motifs (C(OH)–C–C–N with tert-alkyl or cyclic N) is 1. The molecule has 112 valence electrons. The molecule has 0 spiro atoms. The fraction of sp³-hybridized carbons (Fsp3) is 0.538. The number of nitrogen functional groups attached to an aromatic ring is 1. The van der Waals surface area contributed by atoms with Gasteiger partial charge in [0.2, 0.25) is 10.0 Å². The summed E-state index contributed by atoms with van der Waals surface area (Å²) in [6.45, 7) is 2.30. The summed E-state index contributed by atoms with van der Waals surface area (Å²) in [5.41, 5.74) is 5.47. The van der Waals surface area contributed by atoms with Gasteiger partial charge in [0.25, 0.3) is 0 Å². The lowest BCUT2D eigenvalue weighted by Crippen LogP contribution is -2.63. The summed E-state index contributed by atoms with van der Waals surface area (Å²) in [6.07, 6.45) is 0.583. The van der Waals surface area contributed by atoms with Gasteiger partial charge in [0.15, 0.2) is 0 Å². The number of aliphatic hydroxyl groups is 1. The van der Waals surface area contributed by atoms with E-state index in [1.54, 1.807) is 12.1 Å². The molecule has 0 saturated carbocycles. The van der Waals surface area contributed by atoms with Crippen molar-refractivity contribution in [2.24, 2.45) is 0 Å². The molecule has 1 aliphatic heterocycles. The number of hydrogen-bond donors (Lipinski definition) is 2. The summed E-state index contributed by atoms with van der Waals surface area (Å²) < 4.78 is 25.4. The Bertz CT molecular complexity index is 551. The quantitative estimate of drug-likeness (QED) is 0.607. The highest BCUT2D eigenvalue weighted by Crippen LogP contribution is 2.28. The van der Waals surface area contributed by atoms with E-state index >= 15 is 0 Å². The van der Waals surface area contributed by atoms with E-state index in [1.165, 1.54) is 16.1 Å². The van der Waals surface area contributed by atoms with Crippen LogP contribution < -0.4 is 5.73 Å². The second kappa shape index (κ2) is 5.93.